The molecule has 0 aliphatic carbocycles. The van der Waals surface area contributed by atoms with Crippen molar-refractivity contribution in [2.45, 2.75) is 13.8 Å². The minimum absolute atomic E-state index is 0.544. The molecule has 0 fully saturated rings. The molecule has 0 saturated carbocycles. The first kappa shape index (κ1) is 42.4. The topological polar surface area (TPSA) is 72.3 Å². The fraction of sp³-hybridized carbons (Fsp3) is 0.0303. The Morgan fingerprint density at radius 3 is 1.28 bits per heavy atom. The van der Waals surface area contributed by atoms with Crippen LogP contribution in [0.1, 0.15) is 16.7 Å². The largest absolute Gasteiger partial charge is 0.309 e. The lowest BCUT2D eigenvalue weighted by molar-refractivity contribution is 1.07. The summed E-state index contributed by atoms with van der Waals surface area (Å²) in [4.78, 5) is 15.4. The first-order valence-electron chi connectivity index (χ1n) is 24.2. The molecule has 0 unspecified atom stereocenters. The molecule has 0 radical (unpaired) electrons. The van der Waals surface area contributed by atoms with E-state index in [9.17, 15) is 5.26 Å². The van der Waals surface area contributed by atoms with E-state index in [1.807, 2.05) is 60.7 Å². The van der Waals surface area contributed by atoms with Gasteiger partial charge in [0.1, 0.15) is 6.07 Å². The summed E-state index contributed by atoms with van der Waals surface area (Å²) in [6.45, 7) is 4.32. The number of aryl methyl sites for hydroxylation is 2. The van der Waals surface area contributed by atoms with E-state index < -0.39 is 0 Å². The lowest BCUT2D eigenvalue weighted by Crippen LogP contribution is -2.04. The molecule has 13 rings (SSSR count). The van der Waals surface area contributed by atoms with Crippen molar-refractivity contribution in [2.75, 3.05) is 0 Å². The number of benzene rings is 10. The van der Waals surface area contributed by atoms with Crippen LogP contribution in [0.5, 0.6) is 0 Å². The standard InChI is InChI=1S/C66H44N6/c1-42-18-9-11-24-49(42)46-33-36-61-55(38-46)52-26-13-15-29-58(52)71(61)60-31-17-28-51(57(60)41-67)54-35-32-48(66-69-64(44-20-5-3-6-21-44)68-65(70-66)45-22-7-4-8-23-45)40-63(54)72-59-30-16-14-27-53(59)56-39-47(34-37-62(56)72)50-25-12-10-19-43(50)2/h3-40H,1-2H3. The first-order valence-corrected chi connectivity index (χ1v) is 24.2. The second-order valence-corrected chi connectivity index (χ2v) is 18.4. The van der Waals surface area contributed by atoms with Crippen molar-refractivity contribution in [3.63, 3.8) is 0 Å². The monoisotopic (exact) mass is 920 g/mol. The molecule has 10 aromatic carbocycles. The fourth-order valence-corrected chi connectivity index (χ4v) is 10.7. The van der Waals surface area contributed by atoms with Gasteiger partial charge in [-0.25, -0.2) is 15.0 Å². The molecule has 3 aromatic heterocycles. The van der Waals surface area contributed by atoms with Gasteiger partial charge in [0.05, 0.1) is 39.0 Å². The number of fused-ring (bicyclic) bond motifs is 6. The fourth-order valence-electron chi connectivity index (χ4n) is 10.7. The Hall–Kier alpha value is -9.70. The zero-order chi connectivity index (χ0) is 48.3. The molecule has 13 aromatic rings. The van der Waals surface area contributed by atoms with Gasteiger partial charge >= 0.3 is 0 Å². The Morgan fingerprint density at radius 2 is 0.750 bits per heavy atom. The second-order valence-electron chi connectivity index (χ2n) is 18.4. The van der Waals surface area contributed by atoms with Crippen LogP contribution in [0.4, 0.5) is 0 Å². The third-order valence-electron chi connectivity index (χ3n) is 14.1. The summed E-state index contributed by atoms with van der Waals surface area (Å²) in [6.07, 6.45) is 0. The van der Waals surface area contributed by atoms with Gasteiger partial charge in [-0.15, -0.1) is 0 Å². The van der Waals surface area contributed by atoms with Gasteiger partial charge in [0, 0.05) is 49.4 Å². The Balaban J connectivity index is 1.07. The molecule has 6 heteroatoms. The molecule has 6 nitrogen and oxygen atoms in total. The molecule has 0 bridgehead atoms. The number of nitrogens with zero attached hydrogens (tertiary/aromatic N) is 6. The van der Waals surface area contributed by atoms with Crippen LogP contribution in [-0.4, -0.2) is 24.1 Å². The summed E-state index contributed by atoms with van der Waals surface area (Å²) in [5.41, 5.74) is 17.9. The number of hydrogen-bond donors (Lipinski definition) is 0. The summed E-state index contributed by atoms with van der Waals surface area (Å²) in [7, 11) is 0. The highest BCUT2D eigenvalue weighted by Gasteiger charge is 2.24. The maximum Gasteiger partial charge on any atom is 0.164 e. The summed E-state index contributed by atoms with van der Waals surface area (Å²) in [6, 6.07) is 83.2. The van der Waals surface area contributed by atoms with Crippen LogP contribution in [0.3, 0.4) is 0 Å². The van der Waals surface area contributed by atoms with E-state index in [-0.39, 0.29) is 0 Å². The number of rotatable bonds is 8. The average molecular weight is 921 g/mol. The van der Waals surface area contributed by atoms with Crippen LogP contribution in [0.25, 0.3) is 123 Å². The van der Waals surface area contributed by atoms with Crippen LogP contribution in [0.2, 0.25) is 0 Å². The third kappa shape index (κ3) is 7.06. The highest BCUT2D eigenvalue weighted by molar-refractivity contribution is 6.12. The molecular weight excluding hydrogens is 877 g/mol. The predicted molar refractivity (Wildman–Crippen MR) is 295 cm³/mol. The van der Waals surface area contributed by atoms with Gasteiger partial charge in [0.15, 0.2) is 17.5 Å². The number of para-hydroxylation sites is 2. The van der Waals surface area contributed by atoms with Crippen molar-refractivity contribution >= 4 is 43.6 Å². The summed E-state index contributed by atoms with van der Waals surface area (Å²) in [5.74, 6) is 1.72. The van der Waals surface area contributed by atoms with Crippen molar-refractivity contribution in [2.24, 2.45) is 0 Å². The summed E-state index contributed by atoms with van der Waals surface area (Å²) >= 11 is 0. The van der Waals surface area contributed by atoms with Crippen LogP contribution < -0.4 is 0 Å². The predicted octanol–water partition coefficient (Wildman–Crippen LogP) is 16.6. The van der Waals surface area contributed by atoms with Gasteiger partial charge in [-0.2, -0.15) is 5.26 Å². The normalized spacial score (nSPS) is 11.5. The van der Waals surface area contributed by atoms with Crippen molar-refractivity contribution < 1.29 is 0 Å². The molecule has 0 aliphatic rings. The van der Waals surface area contributed by atoms with Crippen LogP contribution in [0.15, 0.2) is 231 Å². The van der Waals surface area contributed by atoms with E-state index in [4.69, 9.17) is 15.0 Å². The molecule has 0 amide bonds. The highest BCUT2D eigenvalue weighted by Crippen LogP contribution is 2.43. The van der Waals surface area contributed by atoms with Crippen LogP contribution >= 0.6 is 0 Å². The number of aromatic nitrogens is 5. The molecular formula is C66H44N6. The maximum atomic E-state index is 11.6. The van der Waals surface area contributed by atoms with Gasteiger partial charge < -0.3 is 9.13 Å². The summed E-state index contributed by atoms with van der Waals surface area (Å²) in [5, 5.41) is 16.1. The van der Waals surface area contributed by atoms with Gasteiger partial charge in [-0.1, -0.05) is 182 Å². The zero-order valence-electron chi connectivity index (χ0n) is 39.6. The summed E-state index contributed by atoms with van der Waals surface area (Å²) < 4.78 is 4.61. The lowest BCUT2D eigenvalue weighted by Gasteiger charge is -2.19. The van der Waals surface area contributed by atoms with Crippen molar-refractivity contribution in [3.05, 3.63) is 247 Å². The minimum atomic E-state index is 0.544. The van der Waals surface area contributed by atoms with Gasteiger partial charge in [-0.3, -0.25) is 0 Å². The Bertz CT molecular complexity index is 4250. The van der Waals surface area contributed by atoms with Gasteiger partial charge in [0.2, 0.25) is 0 Å². The van der Waals surface area contributed by atoms with E-state index in [1.165, 1.54) is 22.3 Å². The molecule has 3 heterocycles. The van der Waals surface area contributed by atoms with Crippen LogP contribution in [-0.2, 0) is 0 Å². The molecule has 0 spiro atoms. The number of nitriles is 1. The molecule has 0 saturated heterocycles. The second kappa shape index (κ2) is 17.4. The SMILES string of the molecule is Cc1ccccc1-c1ccc2c(c1)c1ccccc1n2-c1cc(-c2nc(-c3ccccc3)nc(-c3ccccc3)n2)ccc1-c1cccc(-n2c3ccccc3c3cc(-c4ccccc4C)ccc32)c1C#N. The van der Waals surface area contributed by atoms with Crippen molar-refractivity contribution in [3.8, 4) is 85.0 Å². The van der Waals surface area contributed by atoms with E-state index in [0.717, 1.165) is 93.9 Å². The average Bonchev–Trinajstić information content (AvgIpc) is 3.95. The first-order chi connectivity index (χ1) is 35.5. The van der Waals surface area contributed by atoms with Crippen LogP contribution in [0, 0.1) is 25.2 Å². The van der Waals surface area contributed by atoms with Gasteiger partial charge in [0.25, 0.3) is 0 Å². The Morgan fingerprint density at radius 1 is 0.319 bits per heavy atom. The van der Waals surface area contributed by atoms with Gasteiger partial charge in [-0.05, 0) is 95.8 Å². The molecule has 0 N–H and O–H groups in total. The quantitative estimate of drug-likeness (QED) is 0.152. The zero-order valence-corrected chi connectivity index (χ0v) is 39.6. The third-order valence-corrected chi connectivity index (χ3v) is 14.1. The van der Waals surface area contributed by atoms with E-state index >= 15 is 0 Å². The van der Waals surface area contributed by atoms with Crippen molar-refractivity contribution in [1.29, 1.82) is 5.26 Å². The Kier molecular flexibility index (Phi) is 10.2. The van der Waals surface area contributed by atoms with Crippen molar-refractivity contribution in [1.82, 2.24) is 24.1 Å². The molecule has 338 valence electrons. The maximum absolute atomic E-state index is 11.6. The van der Waals surface area contributed by atoms with E-state index in [0.29, 0.717) is 23.0 Å². The van der Waals surface area contributed by atoms with E-state index in [1.54, 1.807) is 0 Å². The Labute approximate surface area is 417 Å². The lowest BCUT2D eigenvalue weighted by atomic mass is 9.95. The molecule has 72 heavy (non-hydrogen) atoms. The highest BCUT2D eigenvalue weighted by atomic mass is 15.0. The number of hydrogen-bond acceptors (Lipinski definition) is 4. The minimum Gasteiger partial charge on any atom is -0.309 e. The van der Waals surface area contributed by atoms with E-state index in [2.05, 4.69) is 199 Å². The molecule has 0 atom stereocenters. The molecule has 0 aliphatic heterocycles. The smallest absolute Gasteiger partial charge is 0.164 e.